The SMILES string of the molecule is Cc1ccc(OCC(O)CSc2ccc(O)cc2)cc1C. The van der Waals surface area contributed by atoms with Crippen LogP contribution in [0.1, 0.15) is 11.1 Å². The zero-order chi connectivity index (χ0) is 15.2. The Kier molecular flexibility index (Phi) is 5.53. The van der Waals surface area contributed by atoms with Gasteiger partial charge in [0, 0.05) is 10.6 Å². The van der Waals surface area contributed by atoms with Crippen LogP contribution >= 0.6 is 11.8 Å². The molecule has 1 unspecified atom stereocenters. The van der Waals surface area contributed by atoms with E-state index < -0.39 is 6.10 Å². The van der Waals surface area contributed by atoms with Crippen molar-refractivity contribution in [2.75, 3.05) is 12.4 Å². The van der Waals surface area contributed by atoms with Gasteiger partial charge in [-0.1, -0.05) is 6.07 Å². The first kappa shape index (κ1) is 15.7. The summed E-state index contributed by atoms with van der Waals surface area (Å²) in [7, 11) is 0. The highest BCUT2D eigenvalue weighted by Crippen LogP contribution is 2.22. The van der Waals surface area contributed by atoms with E-state index in [1.807, 2.05) is 37.3 Å². The number of thioether (sulfide) groups is 1. The van der Waals surface area contributed by atoms with Gasteiger partial charge in [0.1, 0.15) is 18.1 Å². The number of phenols is 1. The van der Waals surface area contributed by atoms with Gasteiger partial charge in [0.15, 0.2) is 0 Å². The van der Waals surface area contributed by atoms with Crippen LogP contribution in [0, 0.1) is 13.8 Å². The molecule has 0 fully saturated rings. The number of aromatic hydroxyl groups is 1. The Balaban J connectivity index is 1.77. The molecule has 4 heteroatoms. The van der Waals surface area contributed by atoms with Crippen molar-refractivity contribution < 1.29 is 14.9 Å². The summed E-state index contributed by atoms with van der Waals surface area (Å²) in [6.45, 7) is 4.37. The van der Waals surface area contributed by atoms with Crippen LogP contribution < -0.4 is 4.74 Å². The highest BCUT2D eigenvalue weighted by Gasteiger charge is 2.07. The predicted octanol–water partition coefficient (Wildman–Crippen LogP) is 3.54. The molecule has 2 aromatic rings. The van der Waals surface area contributed by atoms with Crippen LogP contribution in [0.25, 0.3) is 0 Å². The molecule has 2 aromatic carbocycles. The fraction of sp³-hybridized carbons (Fsp3) is 0.294. The topological polar surface area (TPSA) is 49.7 Å². The molecule has 2 rings (SSSR count). The predicted molar refractivity (Wildman–Crippen MR) is 86.2 cm³/mol. The Morgan fingerprint density at radius 1 is 1.05 bits per heavy atom. The van der Waals surface area contributed by atoms with E-state index in [1.165, 1.54) is 22.9 Å². The Bertz CT molecular complexity index is 581. The summed E-state index contributed by atoms with van der Waals surface area (Å²) >= 11 is 1.54. The second-order valence-corrected chi connectivity index (χ2v) is 6.11. The molecule has 1 atom stereocenters. The smallest absolute Gasteiger partial charge is 0.119 e. The number of aliphatic hydroxyl groups excluding tert-OH is 1. The van der Waals surface area contributed by atoms with Gasteiger partial charge in [-0.05, 0) is 61.4 Å². The van der Waals surface area contributed by atoms with Crippen molar-refractivity contribution in [3.63, 3.8) is 0 Å². The molecule has 0 radical (unpaired) electrons. The first-order valence-electron chi connectivity index (χ1n) is 6.84. The number of ether oxygens (including phenoxy) is 1. The lowest BCUT2D eigenvalue weighted by Crippen LogP contribution is -2.20. The van der Waals surface area contributed by atoms with Gasteiger partial charge < -0.3 is 14.9 Å². The van der Waals surface area contributed by atoms with Crippen LogP contribution in [-0.4, -0.2) is 28.7 Å². The average Bonchev–Trinajstić information content (AvgIpc) is 2.48. The van der Waals surface area contributed by atoms with E-state index in [1.54, 1.807) is 12.1 Å². The van der Waals surface area contributed by atoms with E-state index in [0.717, 1.165) is 10.6 Å². The molecule has 2 N–H and O–H groups in total. The Labute approximate surface area is 129 Å². The molecule has 3 nitrogen and oxygen atoms in total. The first-order valence-corrected chi connectivity index (χ1v) is 7.83. The Morgan fingerprint density at radius 2 is 1.76 bits per heavy atom. The third-order valence-corrected chi connectivity index (χ3v) is 4.36. The lowest BCUT2D eigenvalue weighted by Gasteiger charge is -2.13. The van der Waals surface area contributed by atoms with Crippen LogP contribution in [0.15, 0.2) is 47.4 Å². The monoisotopic (exact) mass is 304 g/mol. The van der Waals surface area contributed by atoms with Crippen LogP contribution in [0.2, 0.25) is 0 Å². The molecule has 0 bridgehead atoms. The van der Waals surface area contributed by atoms with Crippen LogP contribution in [-0.2, 0) is 0 Å². The molecule has 0 saturated heterocycles. The average molecular weight is 304 g/mol. The number of aryl methyl sites for hydroxylation is 2. The highest BCUT2D eigenvalue weighted by atomic mass is 32.2. The van der Waals surface area contributed by atoms with Gasteiger partial charge >= 0.3 is 0 Å². The zero-order valence-corrected chi connectivity index (χ0v) is 13.1. The van der Waals surface area contributed by atoms with Gasteiger partial charge in [-0.3, -0.25) is 0 Å². The number of rotatable bonds is 6. The van der Waals surface area contributed by atoms with E-state index >= 15 is 0 Å². The number of hydrogen-bond donors (Lipinski definition) is 2. The van der Waals surface area contributed by atoms with E-state index in [-0.39, 0.29) is 12.4 Å². The molecule has 21 heavy (non-hydrogen) atoms. The summed E-state index contributed by atoms with van der Waals surface area (Å²) < 4.78 is 5.61. The van der Waals surface area contributed by atoms with Crippen molar-refractivity contribution in [1.29, 1.82) is 0 Å². The number of phenolic OH excluding ortho intramolecular Hbond substituents is 1. The summed E-state index contributed by atoms with van der Waals surface area (Å²) in [5.41, 5.74) is 2.41. The quantitative estimate of drug-likeness (QED) is 0.801. The van der Waals surface area contributed by atoms with Crippen molar-refractivity contribution in [3.8, 4) is 11.5 Å². The maximum absolute atomic E-state index is 9.96. The third-order valence-electron chi connectivity index (χ3n) is 3.20. The van der Waals surface area contributed by atoms with Gasteiger partial charge in [-0.25, -0.2) is 0 Å². The number of aliphatic hydroxyl groups is 1. The minimum Gasteiger partial charge on any atom is -0.508 e. The normalized spacial score (nSPS) is 12.1. The summed E-state index contributed by atoms with van der Waals surface area (Å²) in [6, 6.07) is 12.9. The molecular weight excluding hydrogens is 284 g/mol. The lowest BCUT2D eigenvalue weighted by atomic mass is 10.1. The van der Waals surface area contributed by atoms with E-state index in [2.05, 4.69) is 6.92 Å². The molecule has 0 saturated carbocycles. The van der Waals surface area contributed by atoms with Gasteiger partial charge in [0.25, 0.3) is 0 Å². The maximum atomic E-state index is 9.96. The van der Waals surface area contributed by atoms with Gasteiger partial charge in [-0.2, -0.15) is 0 Å². The van der Waals surface area contributed by atoms with Crippen molar-refractivity contribution in [2.45, 2.75) is 24.8 Å². The van der Waals surface area contributed by atoms with E-state index in [0.29, 0.717) is 5.75 Å². The fourth-order valence-corrected chi connectivity index (χ4v) is 2.59. The molecule has 0 spiro atoms. The Morgan fingerprint density at radius 3 is 2.43 bits per heavy atom. The fourth-order valence-electron chi connectivity index (χ4n) is 1.78. The first-order chi connectivity index (χ1) is 10.0. The number of benzene rings is 2. The summed E-state index contributed by atoms with van der Waals surface area (Å²) in [4.78, 5) is 1.01. The molecule has 0 aromatic heterocycles. The minimum absolute atomic E-state index is 0.248. The van der Waals surface area contributed by atoms with Crippen molar-refractivity contribution in [1.82, 2.24) is 0 Å². The maximum Gasteiger partial charge on any atom is 0.119 e. The Hall–Kier alpha value is -1.65. The molecular formula is C17H20O3S. The van der Waals surface area contributed by atoms with Crippen molar-refractivity contribution in [3.05, 3.63) is 53.6 Å². The minimum atomic E-state index is -0.537. The van der Waals surface area contributed by atoms with Crippen LogP contribution in [0.5, 0.6) is 11.5 Å². The number of hydrogen-bond acceptors (Lipinski definition) is 4. The molecule has 0 aliphatic heterocycles. The van der Waals surface area contributed by atoms with Gasteiger partial charge in [0.2, 0.25) is 0 Å². The van der Waals surface area contributed by atoms with Crippen molar-refractivity contribution >= 4 is 11.8 Å². The zero-order valence-electron chi connectivity index (χ0n) is 12.2. The lowest BCUT2D eigenvalue weighted by molar-refractivity contribution is 0.126. The molecule has 0 aliphatic carbocycles. The van der Waals surface area contributed by atoms with Gasteiger partial charge in [0.05, 0.1) is 6.10 Å². The largest absolute Gasteiger partial charge is 0.508 e. The molecule has 0 heterocycles. The summed E-state index contributed by atoms with van der Waals surface area (Å²) in [5.74, 6) is 1.58. The molecule has 112 valence electrons. The summed E-state index contributed by atoms with van der Waals surface area (Å²) in [5, 5.41) is 19.2. The summed E-state index contributed by atoms with van der Waals surface area (Å²) in [6.07, 6.45) is -0.537. The molecule has 0 amide bonds. The van der Waals surface area contributed by atoms with Gasteiger partial charge in [-0.15, -0.1) is 11.8 Å². The molecule has 0 aliphatic rings. The third kappa shape index (κ3) is 4.99. The van der Waals surface area contributed by atoms with Crippen LogP contribution in [0.3, 0.4) is 0 Å². The van der Waals surface area contributed by atoms with E-state index in [9.17, 15) is 10.2 Å². The standard InChI is InChI=1S/C17H20O3S/c1-12-3-6-16(9-13(12)2)20-10-15(19)11-21-17-7-4-14(18)5-8-17/h3-9,15,18-19H,10-11H2,1-2H3. The highest BCUT2D eigenvalue weighted by molar-refractivity contribution is 7.99. The van der Waals surface area contributed by atoms with Crippen LogP contribution in [0.4, 0.5) is 0 Å². The van der Waals surface area contributed by atoms with Crippen molar-refractivity contribution in [2.24, 2.45) is 0 Å². The second kappa shape index (κ2) is 7.38. The second-order valence-electron chi connectivity index (χ2n) is 5.02. The van der Waals surface area contributed by atoms with E-state index in [4.69, 9.17) is 4.74 Å².